The number of rotatable bonds is 5. The highest BCUT2D eigenvalue weighted by Crippen LogP contribution is 2.33. The molecule has 2 N–H and O–H groups in total. The van der Waals surface area contributed by atoms with E-state index in [-0.39, 0.29) is 12.2 Å². The molecule has 1 rings (SSSR count). The molecule has 20 heavy (non-hydrogen) atoms. The Morgan fingerprint density at radius 1 is 1.40 bits per heavy atom. The van der Waals surface area contributed by atoms with Crippen LogP contribution in [0.15, 0.2) is 18.2 Å². The Balaban J connectivity index is 2.92. The Bertz CT molecular complexity index is 509. The van der Waals surface area contributed by atoms with Crippen molar-refractivity contribution in [3.8, 4) is 6.07 Å². The first-order chi connectivity index (χ1) is 9.19. The van der Waals surface area contributed by atoms with Crippen LogP contribution in [0, 0.1) is 11.3 Å². The number of nitrogens with one attached hydrogen (secondary N) is 1. The van der Waals surface area contributed by atoms with E-state index in [0.29, 0.717) is 5.75 Å². The van der Waals surface area contributed by atoms with Crippen LogP contribution in [0.5, 0.6) is 0 Å². The molecule has 1 unspecified atom stereocenters. The Morgan fingerprint density at radius 2 is 2.05 bits per heavy atom. The van der Waals surface area contributed by atoms with Gasteiger partial charge < -0.3 is 10.4 Å². The van der Waals surface area contributed by atoms with E-state index in [9.17, 15) is 18.3 Å². The highest BCUT2D eigenvalue weighted by Gasteiger charge is 2.34. The molecule has 7 heteroatoms. The Morgan fingerprint density at radius 3 is 2.55 bits per heavy atom. The lowest BCUT2D eigenvalue weighted by Gasteiger charge is -2.23. The highest BCUT2D eigenvalue weighted by molar-refractivity contribution is 7.98. The minimum atomic E-state index is -4.58. The molecule has 0 heterocycles. The van der Waals surface area contributed by atoms with E-state index in [0.717, 1.165) is 12.1 Å². The number of nitriles is 1. The van der Waals surface area contributed by atoms with Gasteiger partial charge in [0.2, 0.25) is 0 Å². The van der Waals surface area contributed by atoms with E-state index in [1.165, 1.54) is 23.9 Å². The van der Waals surface area contributed by atoms with Gasteiger partial charge in [0, 0.05) is 18.0 Å². The molecule has 1 aromatic carbocycles. The van der Waals surface area contributed by atoms with Crippen LogP contribution in [0.1, 0.15) is 18.1 Å². The van der Waals surface area contributed by atoms with Crippen LogP contribution in [0.25, 0.3) is 0 Å². The van der Waals surface area contributed by atoms with Gasteiger partial charge in [-0.1, -0.05) is 0 Å². The number of halogens is 3. The topological polar surface area (TPSA) is 56.0 Å². The molecule has 0 aliphatic rings. The second-order valence-electron chi connectivity index (χ2n) is 4.65. The van der Waals surface area contributed by atoms with E-state index < -0.39 is 22.9 Å². The lowest BCUT2D eigenvalue weighted by Crippen LogP contribution is -2.36. The molecular weight excluding hydrogens is 289 g/mol. The Labute approximate surface area is 119 Å². The normalized spacial score (nSPS) is 14.4. The quantitative estimate of drug-likeness (QED) is 0.877. The zero-order chi connectivity index (χ0) is 15.4. The molecule has 0 aliphatic heterocycles. The van der Waals surface area contributed by atoms with Gasteiger partial charge >= 0.3 is 6.18 Å². The number of aliphatic hydroxyl groups is 1. The van der Waals surface area contributed by atoms with E-state index >= 15 is 0 Å². The van der Waals surface area contributed by atoms with Crippen LogP contribution >= 0.6 is 11.8 Å². The fourth-order valence-corrected chi connectivity index (χ4v) is 2.36. The van der Waals surface area contributed by atoms with Crippen molar-refractivity contribution in [3.05, 3.63) is 29.3 Å². The summed E-state index contributed by atoms with van der Waals surface area (Å²) in [6.07, 6.45) is -2.75. The van der Waals surface area contributed by atoms with Crippen LogP contribution < -0.4 is 5.32 Å². The summed E-state index contributed by atoms with van der Waals surface area (Å²) in [4.78, 5) is 0. The van der Waals surface area contributed by atoms with Gasteiger partial charge in [-0.2, -0.15) is 30.2 Å². The predicted molar refractivity (Wildman–Crippen MR) is 73.7 cm³/mol. The zero-order valence-electron chi connectivity index (χ0n) is 11.1. The van der Waals surface area contributed by atoms with Crippen molar-refractivity contribution in [2.24, 2.45) is 0 Å². The average Bonchev–Trinajstić information content (AvgIpc) is 2.35. The van der Waals surface area contributed by atoms with E-state index in [4.69, 9.17) is 5.26 Å². The fraction of sp³-hybridized carbons (Fsp3) is 0.462. The monoisotopic (exact) mass is 304 g/mol. The van der Waals surface area contributed by atoms with Gasteiger partial charge in [0.25, 0.3) is 0 Å². The van der Waals surface area contributed by atoms with Gasteiger partial charge in [0.1, 0.15) is 0 Å². The van der Waals surface area contributed by atoms with E-state index in [1.807, 2.05) is 6.26 Å². The van der Waals surface area contributed by atoms with Gasteiger partial charge in [-0.15, -0.1) is 0 Å². The molecule has 0 amide bonds. The molecule has 0 bridgehead atoms. The SMILES string of the molecule is CSCC(C)(O)CNc1ccc(C#N)c(C(F)(F)F)c1. The number of hydrogen-bond acceptors (Lipinski definition) is 4. The fourth-order valence-electron chi connectivity index (χ4n) is 1.64. The van der Waals surface area contributed by atoms with Crippen molar-refractivity contribution in [2.75, 3.05) is 23.9 Å². The Hall–Kier alpha value is -1.39. The zero-order valence-corrected chi connectivity index (χ0v) is 11.9. The van der Waals surface area contributed by atoms with Crippen molar-refractivity contribution in [1.82, 2.24) is 0 Å². The smallest absolute Gasteiger partial charge is 0.387 e. The maximum absolute atomic E-state index is 12.8. The Kier molecular flexibility index (Phi) is 5.31. The molecule has 110 valence electrons. The van der Waals surface area contributed by atoms with Crippen LogP contribution in [0.4, 0.5) is 18.9 Å². The third-order valence-corrected chi connectivity index (χ3v) is 3.48. The molecule has 1 aromatic rings. The number of benzene rings is 1. The van der Waals surface area contributed by atoms with Crippen molar-refractivity contribution < 1.29 is 18.3 Å². The molecule has 3 nitrogen and oxygen atoms in total. The summed E-state index contributed by atoms with van der Waals surface area (Å²) in [6, 6.07) is 4.92. The standard InChI is InChI=1S/C13H15F3N2OS/c1-12(19,8-20-2)7-18-10-4-3-9(6-17)11(5-10)13(14,15)16/h3-5,18-19H,7-8H2,1-2H3. The third-order valence-electron chi connectivity index (χ3n) is 2.57. The molecule has 0 fully saturated rings. The molecule has 0 spiro atoms. The van der Waals surface area contributed by atoms with E-state index in [2.05, 4.69) is 5.32 Å². The lowest BCUT2D eigenvalue weighted by atomic mass is 10.1. The van der Waals surface area contributed by atoms with Crippen molar-refractivity contribution >= 4 is 17.4 Å². The van der Waals surface area contributed by atoms with Crippen LogP contribution in [0.2, 0.25) is 0 Å². The van der Waals surface area contributed by atoms with Crippen molar-refractivity contribution in [2.45, 2.75) is 18.7 Å². The number of hydrogen-bond donors (Lipinski definition) is 2. The van der Waals surface area contributed by atoms with Gasteiger partial charge in [-0.3, -0.25) is 0 Å². The summed E-state index contributed by atoms with van der Waals surface area (Å²) in [5, 5.41) is 21.4. The largest absolute Gasteiger partial charge is 0.417 e. The second-order valence-corrected chi connectivity index (χ2v) is 5.52. The van der Waals surface area contributed by atoms with Gasteiger partial charge in [-0.25, -0.2) is 0 Å². The molecule has 0 saturated heterocycles. The predicted octanol–water partition coefficient (Wildman–Crippen LogP) is 3.10. The minimum Gasteiger partial charge on any atom is -0.387 e. The molecule has 0 aromatic heterocycles. The van der Waals surface area contributed by atoms with Crippen molar-refractivity contribution in [1.29, 1.82) is 5.26 Å². The molecule has 1 atom stereocenters. The van der Waals surface area contributed by atoms with E-state index in [1.54, 1.807) is 6.92 Å². The average molecular weight is 304 g/mol. The first kappa shape index (κ1) is 16.7. The summed E-state index contributed by atoms with van der Waals surface area (Å²) < 4.78 is 38.3. The lowest BCUT2D eigenvalue weighted by molar-refractivity contribution is -0.137. The number of alkyl halides is 3. The van der Waals surface area contributed by atoms with Crippen LogP contribution in [-0.4, -0.2) is 29.3 Å². The third kappa shape index (κ3) is 4.62. The maximum atomic E-state index is 12.8. The number of anilines is 1. The maximum Gasteiger partial charge on any atom is 0.417 e. The van der Waals surface area contributed by atoms with Gasteiger partial charge in [-0.05, 0) is 31.4 Å². The minimum absolute atomic E-state index is 0.122. The summed E-state index contributed by atoms with van der Waals surface area (Å²) in [6.45, 7) is 1.72. The molecule has 0 radical (unpaired) electrons. The summed E-state index contributed by atoms with van der Waals surface area (Å²) in [5.74, 6) is 0.461. The van der Waals surface area contributed by atoms with Crippen molar-refractivity contribution in [3.63, 3.8) is 0 Å². The molecule has 0 saturated carbocycles. The van der Waals surface area contributed by atoms with Gasteiger partial charge in [0.15, 0.2) is 0 Å². The van der Waals surface area contributed by atoms with Gasteiger partial charge in [0.05, 0.1) is 22.8 Å². The molecule has 0 aliphatic carbocycles. The molecular formula is C13H15F3N2OS. The second kappa shape index (κ2) is 6.37. The van der Waals surface area contributed by atoms with Crippen LogP contribution in [-0.2, 0) is 6.18 Å². The summed E-state index contributed by atoms with van der Waals surface area (Å²) in [7, 11) is 0. The number of thioether (sulfide) groups is 1. The highest BCUT2D eigenvalue weighted by atomic mass is 32.2. The summed E-state index contributed by atoms with van der Waals surface area (Å²) in [5.41, 5.74) is -2.20. The first-order valence-electron chi connectivity index (χ1n) is 5.76. The van der Waals surface area contributed by atoms with Crippen LogP contribution in [0.3, 0.4) is 0 Å². The first-order valence-corrected chi connectivity index (χ1v) is 7.15. The number of nitrogens with zero attached hydrogens (tertiary/aromatic N) is 1. The summed E-state index contributed by atoms with van der Waals surface area (Å²) >= 11 is 1.44.